The normalized spacial score (nSPS) is 45.2. The quantitative estimate of drug-likeness (QED) is 0.319. The van der Waals surface area contributed by atoms with Gasteiger partial charge in [0, 0.05) is 12.5 Å². The van der Waals surface area contributed by atoms with Crippen molar-refractivity contribution in [2.75, 3.05) is 0 Å². The van der Waals surface area contributed by atoms with Crippen molar-refractivity contribution in [1.29, 1.82) is 0 Å². The predicted octanol–water partition coefficient (Wildman–Crippen LogP) is 3.22. The van der Waals surface area contributed by atoms with E-state index in [9.17, 15) is 14.7 Å². The Morgan fingerprint density at radius 1 is 1.25 bits per heavy atom. The molecule has 0 radical (unpaired) electrons. The van der Waals surface area contributed by atoms with Crippen molar-refractivity contribution in [1.82, 2.24) is 0 Å². The zero-order valence-electron chi connectivity index (χ0n) is 17.3. The smallest absolute Gasteiger partial charge is 0.334 e. The molecule has 6 heteroatoms. The summed E-state index contributed by atoms with van der Waals surface area (Å²) in [5.41, 5.74) is -1.82. The van der Waals surface area contributed by atoms with Gasteiger partial charge in [0.25, 0.3) is 0 Å². The summed E-state index contributed by atoms with van der Waals surface area (Å²) in [4.78, 5) is 24.4. The molecule has 6 atom stereocenters. The second-order valence-corrected chi connectivity index (χ2v) is 9.22. The number of rotatable bonds is 1. The summed E-state index contributed by atoms with van der Waals surface area (Å²) in [5.74, 6) is -0.890. The molecular formula is C22H32O6. The zero-order chi connectivity index (χ0) is 20.7. The van der Waals surface area contributed by atoms with Crippen molar-refractivity contribution in [3.8, 4) is 0 Å². The van der Waals surface area contributed by atoms with Crippen LogP contribution in [0.15, 0.2) is 24.3 Å². The largest absolute Gasteiger partial charge is 0.458 e. The van der Waals surface area contributed by atoms with Crippen LogP contribution in [0.3, 0.4) is 0 Å². The summed E-state index contributed by atoms with van der Waals surface area (Å²) in [6, 6.07) is 0. The third-order valence-electron chi connectivity index (χ3n) is 6.51. The van der Waals surface area contributed by atoms with E-state index >= 15 is 0 Å². The first-order valence-electron chi connectivity index (χ1n) is 10.1. The van der Waals surface area contributed by atoms with Crippen LogP contribution in [0, 0.1) is 5.92 Å². The Hall–Kier alpha value is -1.66. The number of carbonyl (C=O) groups is 2. The van der Waals surface area contributed by atoms with Gasteiger partial charge in [-0.1, -0.05) is 18.7 Å². The van der Waals surface area contributed by atoms with E-state index in [1.54, 1.807) is 13.0 Å². The van der Waals surface area contributed by atoms with Gasteiger partial charge in [-0.3, -0.25) is 4.79 Å². The molecule has 0 aromatic carbocycles. The molecule has 2 saturated heterocycles. The maximum Gasteiger partial charge on any atom is 0.334 e. The number of hydrogen-bond acceptors (Lipinski definition) is 6. The lowest BCUT2D eigenvalue weighted by atomic mass is 9.82. The molecule has 6 nitrogen and oxygen atoms in total. The molecule has 0 unspecified atom stereocenters. The summed E-state index contributed by atoms with van der Waals surface area (Å²) in [7, 11) is 0. The minimum absolute atomic E-state index is 0.0193. The Kier molecular flexibility index (Phi) is 5.49. The highest BCUT2D eigenvalue weighted by atomic mass is 16.6. The van der Waals surface area contributed by atoms with Crippen LogP contribution in [0.2, 0.25) is 0 Å². The summed E-state index contributed by atoms with van der Waals surface area (Å²) in [6.07, 6.45) is 6.59. The molecule has 0 amide bonds. The van der Waals surface area contributed by atoms with Gasteiger partial charge < -0.3 is 19.3 Å². The molecule has 2 aliphatic heterocycles. The van der Waals surface area contributed by atoms with Crippen molar-refractivity contribution in [3.63, 3.8) is 0 Å². The lowest BCUT2D eigenvalue weighted by Crippen LogP contribution is -2.46. The van der Waals surface area contributed by atoms with Crippen LogP contribution < -0.4 is 0 Å². The monoisotopic (exact) mass is 392 g/mol. The van der Waals surface area contributed by atoms with E-state index in [0.717, 1.165) is 0 Å². The Morgan fingerprint density at radius 3 is 2.64 bits per heavy atom. The lowest BCUT2D eigenvalue weighted by molar-refractivity contribution is -0.181. The molecule has 0 spiro atoms. The lowest BCUT2D eigenvalue weighted by Gasteiger charge is -2.36. The van der Waals surface area contributed by atoms with E-state index in [0.29, 0.717) is 44.1 Å². The average molecular weight is 392 g/mol. The maximum absolute atomic E-state index is 12.7. The van der Waals surface area contributed by atoms with Crippen LogP contribution in [0.5, 0.6) is 0 Å². The topological polar surface area (TPSA) is 85.4 Å². The number of ether oxygens (including phenoxy) is 3. The van der Waals surface area contributed by atoms with Crippen molar-refractivity contribution in [2.24, 2.45) is 5.92 Å². The van der Waals surface area contributed by atoms with E-state index in [-0.39, 0.29) is 17.6 Å². The maximum atomic E-state index is 12.7. The van der Waals surface area contributed by atoms with Crippen molar-refractivity contribution < 1.29 is 28.9 Å². The fourth-order valence-corrected chi connectivity index (χ4v) is 4.39. The van der Waals surface area contributed by atoms with Crippen LogP contribution in [-0.2, 0) is 23.8 Å². The van der Waals surface area contributed by atoms with E-state index in [4.69, 9.17) is 14.2 Å². The first kappa shape index (κ1) is 21.1. The Balaban J connectivity index is 1.93. The predicted molar refractivity (Wildman–Crippen MR) is 103 cm³/mol. The van der Waals surface area contributed by atoms with Gasteiger partial charge in [0.15, 0.2) is 0 Å². The van der Waals surface area contributed by atoms with Gasteiger partial charge in [0.1, 0.15) is 11.7 Å². The van der Waals surface area contributed by atoms with Crippen LogP contribution in [0.4, 0.5) is 0 Å². The number of esters is 2. The van der Waals surface area contributed by atoms with Gasteiger partial charge in [0.2, 0.25) is 0 Å². The van der Waals surface area contributed by atoms with Crippen molar-refractivity contribution in [3.05, 3.63) is 24.3 Å². The molecule has 3 aliphatic rings. The van der Waals surface area contributed by atoms with Gasteiger partial charge in [-0.2, -0.15) is 0 Å². The fourth-order valence-electron chi connectivity index (χ4n) is 4.39. The summed E-state index contributed by atoms with van der Waals surface area (Å²) in [6.45, 7) is 10.9. The first-order chi connectivity index (χ1) is 12.9. The van der Waals surface area contributed by atoms with Crippen molar-refractivity contribution >= 4 is 11.9 Å². The highest BCUT2D eigenvalue weighted by Gasteiger charge is 2.53. The van der Waals surface area contributed by atoms with Gasteiger partial charge in [-0.15, -0.1) is 0 Å². The molecule has 2 bridgehead atoms. The van der Waals surface area contributed by atoms with Crippen LogP contribution in [0.1, 0.15) is 66.2 Å². The first-order valence-corrected chi connectivity index (χ1v) is 10.1. The Morgan fingerprint density at radius 2 is 1.96 bits per heavy atom. The van der Waals surface area contributed by atoms with Crippen LogP contribution in [0.25, 0.3) is 0 Å². The SMILES string of the molecule is C=C1C(=O)O[C@]2(C)CC[C@@H]1C[C@@H]1O[C@@]1(C)C/C=C\[C@@](C)(O)CC[C@@H]2OC(C)=O. The molecule has 2 heterocycles. The molecule has 3 rings (SSSR count). The third-order valence-corrected chi connectivity index (χ3v) is 6.51. The van der Waals surface area contributed by atoms with E-state index in [2.05, 4.69) is 13.5 Å². The molecule has 1 aliphatic carbocycles. The van der Waals surface area contributed by atoms with Gasteiger partial charge in [-0.05, 0) is 65.2 Å². The molecule has 0 aromatic heterocycles. The number of fused-ring (bicyclic) bond motifs is 4. The van der Waals surface area contributed by atoms with Crippen LogP contribution in [-0.4, -0.2) is 46.1 Å². The fraction of sp³-hybridized carbons (Fsp3) is 0.727. The number of hydrogen-bond donors (Lipinski definition) is 1. The molecule has 0 saturated carbocycles. The molecule has 2 fully saturated rings. The van der Waals surface area contributed by atoms with Gasteiger partial charge in [0.05, 0.1) is 17.3 Å². The summed E-state index contributed by atoms with van der Waals surface area (Å²) >= 11 is 0. The minimum atomic E-state index is -1.06. The van der Waals surface area contributed by atoms with E-state index < -0.39 is 29.2 Å². The molecular weight excluding hydrogens is 360 g/mol. The summed E-state index contributed by atoms with van der Waals surface area (Å²) < 4.78 is 17.3. The average Bonchev–Trinajstić information content (AvgIpc) is 3.24. The van der Waals surface area contributed by atoms with Gasteiger partial charge >= 0.3 is 11.9 Å². The van der Waals surface area contributed by atoms with Crippen LogP contribution >= 0.6 is 0 Å². The Labute approximate surface area is 166 Å². The number of aliphatic hydroxyl groups is 1. The Bertz CT molecular complexity index is 695. The molecule has 0 aromatic rings. The second kappa shape index (κ2) is 7.30. The highest BCUT2D eigenvalue weighted by molar-refractivity contribution is 5.89. The zero-order valence-corrected chi connectivity index (χ0v) is 17.3. The molecule has 28 heavy (non-hydrogen) atoms. The van der Waals surface area contributed by atoms with E-state index in [1.807, 2.05) is 13.0 Å². The minimum Gasteiger partial charge on any atom is -0.458 e. The van der Waals surface area contributed by atoms with Gasteiger partial charge in [-0.25, -0.2) is 4.79 Å². The second-order valence-electron chi connectivity index (χ2n) is 9.22. The van der Waals surface area contributed by atoms with Crippen molar-refractivity contribution in [2.45, 2.75) is 95.2 Å². The molecule has 1 N–H and O–H groups in total. The van der Waals surface area contributed by atoms with E-state index in [1.165, 1.54) is 6.92 Å². The number of carbonyl (C=O) groups excluding carboxylic acids is 2. The standard InChI is InChI=1S/C22H32O6/c1-14-16-7-12-22(5,28-19(14)24)17(26-15(2)23)8-11-20(3,25)9-6-10-21(4)18(13-16)27-21/h6,9,16-18,25H,1,7-8,10-13H2,2-5H3/b9-6-/t16-,17+,18+,20-,21+,22-/m1/s1. The molecule has 156 valence electrons. The number of epoxide rings is 1. The third kappa shape index (κ3) is 4.49. The highest BCUT2D eigenvalue weighted by Crippen LogP contribution is 2.47. The summed E-state index contributed by atoms with van der Waals surface area (Å²) in [5, 5.41) is 10.7.